The highest BCUT2D eigenvalue weighted by Crippen LogP contribution is 2.32. The Balaban J connectivity index is 2.14. The summed E-state index contributed by atoms with van der Waals surface area (Å²) in [6, 6.07) is 14.7. The number of carbonyl (C=O) groups excluding carboxylic acids is 2. The predicted octanol–water partition coefficient (Wildman–Crippen LogP) is 4.88. The molecule has 0 aliphatic carbocycles. The van der Waals surface area contributed by atoms with Gasteiger partial charge < -0.3 is 9.47 Å². The molecule has 26 heavy (non-hydrogen) atoms. The lowest BCUT2D eigenvalue weighted by Gasteiger charge is -2.19. The Morgan fingerprint density at radius 1 is 0.923 bits per heavy atom. The minimum Gasteiger partial charge on any atom is -0.465 e. The molecule has 0 aliphatic rings. The van der Waals surface area contributed by atoms with Gasteiger partial charge in [-0.15, -0.1) is 0 Å². The number of benzene rings is 2. The monoisotopic (exact) mass is 351 g/mol. The van der Waals surface area contributed by atoms with Gasteiger partial charge in [-0.1, -0.05) is 30.3 Å². The SMILES string of the molecule is COC(=O)c1ccccc1-c1cccc2c1ccn2C(=O)OC(C)(C)C. The normalized spacial score (nSPS) is 11.4. The fraction of sp³-hybridized carbons (Fsp3) is 0.238. The van der Waals surface area contributed by atoms with Crippen LogP contribution in [0.2, 0.25) is 0 Å². The molecule has 0 spiro atoms. The number of aromatic nitrogens is 1. The highest BCUT2D eigenvalue weighted by molar-refractivity contribution is 6.05. The molecule has 5 heteroatoms. The molecule has 5 nitrogen and oxygen atoms in total. The van der Waals surface area contributed by atoms with Gasteiger partial charge >= 0.3 is 12.1 Å². The molecule has 134 valence electrons. The molecule has 0 bridgehead atoms. The van der Waals surface area contributed by atoms with Gasteiger partial charge in [-0.3, -0.25) is 4.57 Å². The van der Waals surface area contributed by atoms with Crippen LogP contribution in [-0.4, -0.2) is 29.3 Å². The molecular weight excluding hydrogens is 330 g/mol. The first kappa shape index (κ1) is 17.7. The van der Waals surface area contributed by atoms with Crippen LogP contribution in [0.5, 0.6) is 0 Å². The Bertz CT molecular complexity index is 979. The van der Waals surface area contributed by atoms with Crippen LogP contribution in [0.1, 0.15) is 31.1 Å². The third kappa shape index (κ3) is 3.33. The summed E-state index contributed by atoms with van der Waals surface area (Å²) < 4.78 is 11.8. The van der Waals surface area contributed by atoms with Gasteiger partial charge in [0.2, 0.25) is 0 Å². The lowest BCUT2D eigenvalue weighted by molar-refractivity contribution is 0.0542. The lowest BCUT2D eigenvalue weighted by Crippen LogP contribution is -2.26. The van der Waals surface area contributed by atoms with Crippen molar-refractivity contribution in [2.75, 3.05) is 7.11 Å². The molecule has 0 atom stereocenters. The second kappa shape index (κ2) is 6.67. The Morgan fingerprint density at radius 3 is 2.31 bits per heavy atom. The van der Waals surface area contributed by atoms with Crippen LogP contribution in [0.15, 0.2) is 54.7 Å². The van der Waals surface area contributed by atoms with Gasteiger partial charge in [-0.25, -0.2) is 9.59 Å². The third-order valence-corrected chi connectivity index (χ3v) is 3.95. The van der Waals surface area contributed by atoms with Crippen molar-refractivity contribution in [3.8, 4) is 11.1 Å². The van der Waals surface area contributed by atoms with E-state index >= 15 is 0 Å². The highest BCUT2D eigenvalue weighted by atomic mass is 16.6. The molecule has 0 saturated heterocycles. The maximum absolute atomic E-state index is 12.5. The second-order valence-corrected chi connectivity index (χ2v) is 6.94. The topological polar surface area (TPSA) is 57.5 Å². The van der Waals surface area contributed by atoms with Crippen molar-refractivity contribution in [3.63, 3.8) is 0 Å². The number of methoxy groups -OCH3 is 1. The van der Waals surface area contributed by atoms with E-state index in [1.165, 1.54) is 11.7 Å². The van der Waals surface area contributed by atoms with Crippen LogP contribution in [-0.2, 0) is 9.47 Å². The van der Waals surface area contributed by atoms with Gasteiger partial charge in [0.25, 0.3) is 0 Å². The van der Waals surface area contributed by atoms with Crippen LogP contribution >= 0.6 is 0 Å². The van der Waals surface area contributed by atoms with Crippen LogP contribution < -0.4 is 0 Å². The van der Waals surface area contributed by atoms with Gasteiger partial charge in [0.1, 0.15) is 5.60 Å². The zero-order valence-corrected chi connectivity index (χ0v) is 15.3. The number of ether oxygens (including phenoxy) is 2. The molecule has 0 fully saturated rings. The Kier molecular flexibility index (Phi) is 4.55. The molecule has 3 rings (SSSR count). The van der Waals surface area contributed by atoms with Gasteiger partial charge in [-0.05, 0) is 50.1 Å². The number of esters is 1. The summed E-state index contributed by atoms with van der Waals surface area (Å²) in [7, 11) is 1.36. The van der Waals surface area contributed by atoms with E-state index < -0.39 is 17.7 Å². The van der Waals surface area contributed by atoms with Crippen molar-refractivity contribution in [1.29, 1.82) is 0 Å². The van der Waals surface area contributed by atoms with E-state index in [4.69, 9.17) is 9.47 Å². The van der Waals surface area contributed by atoms with Gasteiger partial charge in [-0.2, -0.15) is 0 Å². The lowest BCUT2D eigenvalue weighted by atomic mass is 9.97. The summed E-state index contributed by atoms with van der Waals surface area (Å²) in [5.74, 6) is -0.399. The minimum atomic E-state index is -0.581. The van der Waals surface area contributed by atoms with E-state index in [-0.39, 0.29) is 0 Å². The van der Waals surface area contributed by atoms with Crippen LogP contribution in [0.25, 0.3) is 22.0 Å². The summed E-state index contributed by atoms with van der Waals surface area (Å²) in [5, 5.41) is 0.856. The molecule has 0 amide bonds. The fourth-order valence-electron chi connectivity index (χ4n) is 2.88. The average Bonchev–Trinajstić information content (AvgIpc) is 3.04. The molecule has 2 aromatic carbocycles. The summed E-state index contributed by atoms with van der Waals surface area (Å²) >= 11 is 0. The Morgan fingerprint density at radius 2 is 1.62 bits per heavy atom. The predicted molar refractivity (Wildman–Crippen MR) is 100 cm³/mol. The number of hydrogen-bond acceptors (Lipinski definition) is 4. The van der Waals surface area contributed by atoms with E-state index in [1.54, 1.807) is 18.3 Å². The molecule has 0 unspecified atom stereocenters. The zero-order chi connectivity index (χ0) is 18.9. The number of fused-ring (bicyclic) bond motifs is 1. The average molecular weight is 351 g/mol. The first-order valence-corrected chi connectivity index (χ1v) is 8.33. The summed E-state index contributed by atoms with van der Waals surface area (Å²) in [6.45, 7) is 5.48. The standard InChI is InChI=1S/C21H21NO4/c1-21(2,3)26-20(24)22-13-12-16-14(10-7-11-18(16)22)15-8-5-6-9-17(15)19(23)25-4/h5-13H,1-4H3. The third-order valence-electron chi connectivity index (χ3n) is 3.95. The molecule has 1 aromatic heterocycles. The van der Waals surface area contributed by atoms with Gasteiger partial charge in [0, 0.05) is 11.6 Å². The highest BCUT2D eigenvalue weighted by Gasteiger charge is 2.21. The number of nitrogens with zero attached hydrogens (tertiary/aromatic N) is 1. The molecule has 3 aromatic rings. The summed E-state index contributed by atoms with van der Waals surface area (Å²) in [4.78, 5) is 24.6. The van der Waals surface area contributed by atoms with Crippen molar-refractivity contribution in [2.24, 2.45) is 0 Å². The summed E-state index contributed by atoms with van der Waals surface area (Å²) in [6.07, 6.45) is 1.24. The van der Waals surface area contributed by atoms with E-state index in [0.29, 0.717) is 5.56 Å². The van der Waals surface area contributed by atoms with E-state index in [0.717, 1.165) is 22.0 Å². The van der Waals surface area contributed by atoms with Crippen molar-refractivity contribution in [3.05, 3.63) is 60.3 Å². The van der Waals surface area contributed by atoms with Crippen LogP contribution in [0.4, 0.5) is 4.79 Å². The largest absolute Gasteiger partial charge is 0.465 e. The van der Waals surface area contributed by atoms with Gasteiger partial charge in [0.15, 0.2) is 0 Å². The van der Waals surface area contributed by atoms with Crippen molar-refractivity contribution < 1.29 is 19.1 Å². The number of rotatable bonds is 2. The zero-order valence-electron chi connectivity index (χ0n) is 15.3. The molecule has 0 radical (unpaired) electrons. The van der Waals surface area contributed by atoms with E-state index in [9.17, 15) is 9.59 Å². The first-order chi connectivity index (χ1) is 12.3. The maximum atomic E-state index is 12.5. The van der Waals surface area contributed by atoms with Crippen LogP contribution in [0, 0.1) is 0 Å². The number of carbonyl (C=O) groups is 2. The number of hydrogen-bond donors (Lipinski definition) is 0. The molecule has 0 aliphatic heterocycles. The van der Waals surface area contributed by atoms with Crippen LogP contribution in [0.3, 0.4) is 0 Å². The van der Waals surface area contributed by atoms with Crippen molar-refractivity contribution >= 4 is 23.0 Å². The Hall–Kier alpha value is -3.08. The molecule has 1 heterocycles. The van der Waals surface area contributed by atoms with Gasteiger partial charge in [0.05, 0.1) is 18.2 Å². The molecular formula is C21H21NO4. The molecule has 0 saturated carbocycles. The van der Waals surface area contributed by atoms with Crippen molar-refractivity contribution in [2.45, 2.75) is 26.4 Å². The first-order valence-electron chi connectivity index (χ1n) is 8.33. The smallest absolute Gasteiger partial charge is 0.418 e. The molecule has 0 N–H and O–H groups in total. The minimum absolute atomic E-state index is 0.399. The fourth-order valence-corrected chi connectivity index (χ4v) is 2.88. The van der Waals surface area contributed by atoms with E-state index in [1.807, 2.05) is 57.2 Å². The summed E-state index contributed by atoms with van der Waals surface area (Å²) in [5.41, 5.74) is 2.23. The maximum Gasteiger partial charge on any atom is 0.418 e. The Labute approximate surface area is 152 Å². The van der Waals surface area contributed by atoms with Crippen molar-refractivity contribution in [1.82, 2.24) is 4.57 Å². The quantitative estimate of drug-likeness (QED) is 0.618. The second-order valence-electron chi connectivity index (χ2n) is 6.94. The van der Waals surface area contributed by atoms with E-state index in [2.05, 4.69) is 0 Å².